The number of rotatable bonds is 2. The van der Waals surface area contributed by atoms with Crippen molar-refractivity contribution in [2.75, 3.05) is 0 Å². The van der Waals surface area contributed by atoms with Gasteiger partial charge in [-0.1, -0.05) is 66.7 Å². The van der Waals surface area contributed by atoms with Crippen LogP contribution in [0.3, 0.4) is 0 Å². The van der Waals surface area contributed by atoms with Gasteiger partial charge in [0, 0.05) is 10.9 Å². The van der Waals surface area contributed by atoms with Crippen LogP contribution in [-0.4, -0.2) is 10.2 Å². The van der Waals surface area contributed by atoms with Crippen LogP contribution in [0.2, 0.25) is 0 Å². The summed E-state index contributed by atoms with van der Waals surface area (Å²) in [4.78, 5) is 0. The molecule has 4 rings (SSSR count). The fraction of sp³-hybridized carbons (Fsp3) is 0.0435. The molecule has 0 aliphatic heterocycles. The van der Waals surface area contributed by atoms with Crippen LogP contribution in [0, 0.1) is 6.92 Å². The molecule has 0 fully saturated rings. The predicted molar refractivity (Wildman–Crippen MR) is 103 cm³/mol. The summed E-state index contributed by atoms with van der Waals surface area (Å²) in [5.41, 5.74) is 4.86. The zero-order valence-corrected chi connectivity index (χ0v) is 13.9. The van der Waals surface area contributed by atoms with Crippen LogP contribution in [0.4, 0.5) is 0 Å². The molecular formula is C23H18O2. The van der Waals surface area contributed by atoms with E-state index in [1.807, 2.05) is 66.7 Å². The molecule has 2 heteroatoms. The van der Waals surface area contributed by atoms with E-state index in [1.54, 1.807) is 12.1 Å². The lowest BCUT2D eigenvalue weighted by Gasteiger charge is -2.19. The first-order valence-corrected chi connectivity index (χ1v) is 8.26. The lowest BCUT2D eigenvalue weighted by Crippen LogP contribution is -1.93. The first-order valence-electron chi connectivity index (χ1n) is 8.26. The summed E-state index contributed by atoms with van der Waals surface area (Å²) < 4.78 is 0. The van der Waals surface area contributed by atoms with Gasteiger partial charge in [0.15, 0.2) is 0 Å². The molecule has 122 valence electrons. The van der Waals surface area contributed by atoms with Crippen molar-refractivity contribution in [3.05, 3.63) is 84.4 Å². The minimum atomic E-state index is 0.229. The van der Waals surface area contributed by atoms with Crippen LogP contribution < -0.4 is 0 Å². The number of fused-ring (bicyclic) bond motifs is 1. The molecular weight excluding hydrogens is 308 g/mol. The van der Waals surface area contributed by atoms with Gasteiger partial charge in [0.25, 0.3) is 0 Å². The zero-order chi connectivity index (χ0) is 17.4. The predicted octanol–water partition coefficient (Wildman–Crippen LogP) is 5.89. The largest absolute Gasteiger partial charge is 0.508 e. The number of aromatic hydroxyl groups is 2. The third kappa shape index (κ3) is 2.52. The van der Waals surface area contributed by atoms with Gasteiger partial charge in [-0.3, -0.25) is 0 Å². The Morgan fingerprint density at radius 3 is 1.80 bits per heavy atom. The summed E-state index contributed by atoms with van der Waals surface area (Å²) in [6.45, 7) is 2.08. The third-order valence-corrected chi connectivity index (χ3v) is 4.67. The summed E-state index contributed by atoms with van der Waals surface area (Å²) in [6, 6.07) is 25.0. The number of phenolic OH excluding ortho intramolecular Hbond substituents is 2. The van der Waals surface area contributed by atoms with E-state index in [1.165, 1.54) is 0 Å². The van der Waals surface area contributed by atoms with Gasteiger partial charge in [0.2, 0.25) is 0 Å². The number of benzene rings is 4. The maximum Gasteiger partial charge on any atom is 0.131 e. The first-order chi connectivity index (χ1) is 12.2. The van der Waals surface area contributed by atoms with Crippen LogP contribution in [0.5, 0.6) is 11.5 Å². The normalized spacial score (nSPS) is 10.9. The molecule has 0 atom stereocenters. The Bertz CT molecular complexity index is 1050. The Labute approximate surface area is 146 Å². The maximum absolute atomic E-state index is 11.1. The Morgan fingerprint density at radius 2 is 1.12 bits per heavy atom. The topological polar surface area (TPSA) is 40.5 Å². The molecule has 25 heavy (non-hydrogen) atoms. The molecule has 0 aromatic heterocycles. The van der Waals surface area contributed by atoms with Crippen molar-refractivity contribution in [2.45, 2.75) is 6.92 Å². The van der Waals surface area contributed by atoms with Crippen LogP contribution in [0.1, 0.15) is 5.56 Å². The molecule has 0 aliphatic rings. The van der Waals surface area contributed by atoms with Crippen LogP contribution in [0.25, 0.3) is 33.0 Å². The quantitative estimate of drug-likeness (QED) is 0.482. The van der Waals surface area contributed by atoms with Crippen molar-refractivity contribution in [1.29, 1.82) is 0 Å². The molecule has 0 amide bonds. The Balaban J connectivity index is 2.15. The molecule has 0 aliphatic carbocycles. The van der Waals surface area contributed by atoms with Gasteiger partial charge in [0.1, 0.15) is 11.5 Å². The SMILES string of the molecule is Cc1c(-c2ccc(O)cc2)c(-c2ccccc2)c(O)c2ccccc12. The van der Waals surface area contributed by atoms with E-state index in [-0.39, 0.29) is 11.5 Å². The minimum absolute atomic E-state index is 0.229. The maximum atomic E-state index is 11.1. The number of hydrogen-bond acceptors (Lipinski definition) is 2. The van der Waals surface area contributed by atoms with Gasteiger partial charge in [-0.15, -0.1) is 0 Å². The molecule has 0 saturated carbocycles. The van der Waals surface area contributed by atoms with Gasteiger partial charge in [0.05, 0.1) is 0 Å². The fourth-order valence-corrected chi connectivity index (χ4v) is 3.47. The molecule has 0 heterocycles. The lowest BCUT2D eigenvalue weighted by atomic mass is 9.86. The average Bonchev–Trinajstić information content (AvgIpc) is 2.66. The van der Waals surface area contributed by atoms with Gasteiger partial charge in [-0.25, -0.2) is 0 Å². The number of phenols is 2. The minimum Gasteiger partial charge on any atom is -0.508 e. The van der Waals surface area contributed by atoms with E-state index in [4.69, 9.17) is 0 Å². The Hall–Kier alpha value is -3.26. The van der Waals surface area contributed by atoms with Gasteiger partial charge in [-0.05, 0) is 46.7 Å². The lowest BCUT2D eigenvalue weighted by molar-refractivity contribution is 0.475. The standard InChI is InChI=1S/C23H18O2/c1-15-19-9-5-6-10-20(19)23(25)22(16-7-3-2-4-8-16)21(15)17-11-13-18(24)14-12-17/h2-14,24-25H,1H3. The Morgan fingerprint density at radius 1 is 0.560 bits per heavy atom. The highest BCUT2D eigenvalue weighted by atomic mass is 16.3. The van der Waals surface area contributed by atoms with E-state index in [0.717, 1.165) is 38.6 Å². The molecule has 0 saturated heterocycles. The Kier molecular flexibility index (Phi) is 3.66. The molecule has 0 unspecified atom stereocenters. The van der Waals surface area contributed by atoms with E-state index in [2.05, 4.69) is 6.92 Å². The van der Waals surface area contributed by atoms with Crippen LogP contribution in [-0.2, 0) is 0 Å². The monoisotopic (exact) mass is 326 g/mol. The second-order valence-electron chi connectivity index (χ2n) is 6.18. The van der Waals surface area contributed by atoms with Gasteiger partial charge < -0.3 is 10.2 Å². The van der Waals surface area contributed by atoms with E-state index < -0.39 is 0 Å². The molecule has 0 spiro atoms. The second kappa shape index (κ2) is 5.99. The fourth-order valence-electron chi connectivity index (χ4n) is 3.47. The third-order valence-electron chi connectivity index (χ3n) is 4.67. The average molecular weight is 326 g/mol. The first kappa shape index (κ1) is 15.3. The van der Waals surface area contributed by atoms with Crippen molar-refractivity contribution >= 4 is 10.8 Å². The van der Waals surface area contributed by atoms with E-state index >= 15 is 0 Å². The molecule has 2 nitrogen and oxygen atoms in total. The van der Waals surface area contributed by atoms with E-state index in [0.29, 0.717) is 0 Å². The number of aryl methyl sites for hydroxylation is 1. The number of hydrogen-bond donors (Lipinski definition) is 2. The van der Waals surface area contributed by atoms with Crippen molar-refractivity contribution in [3.8, 4) is 33.8 Å². The van der Waals surface area contributed by atoms with Gasteiger partial charge >= 0.3 is 0 Å². The highest BCUT2D eigenvalue weighted by Gasteiger charge is 2.19. The second-order valence-corrected chi connectivity index (χ2v) is 6.18. The zero-order valence-electron chi connectivity index (χ0n) is 13.9. The van der Waals surface area contributed by atoms with Crippen LogP contribution >= 0.6 is 0 Å². The van der Waals surface area contributed by atoms with Gasteiger partial charge in [-0.2, -0.15) is 0 Å². The summed E-state index contributed by atoms with van der Waals surface area (Å²) in [7, 11) is 0. The molecule has 0 radical (unpaired) electrons. The molecule has 2 N–H and O–H groups in total. The molecule has 4 aromatic rings. The van der Waals surface area contributed by atoms with Crippen LogP contribution in [0.15, 0.2) is 78.9 Å². The summed E-state index contributed by atoms with van der Waals surface area (Å²) in [6.07, 6.45) is 0. The van der Waals surface area contributed by atoms with Crippen molar-refractivity contribution in [2.24, 2.45) is 0 Å². The summed E-state index contributed by atoms with van der Waals surface area (Å²) >= 11 is 0. The molecule has 0 bridgehead atoms. The van der Waals surface area contributed by atoms with Crippen molar-refractivity contribution < 1.29 is 10.2 Å². The highest BCUT2D eigenvalue weighted by molar-refractivity contribution is 6.05. The molecule has 4 aromatic carbocycles. The van der Waals surface area contributed by atoms with Crippen molar-refractivity contribution in [3.63, 3.8) is 0 Å². The van der Waals surface area contributed by atoms with Crippen molar-refractivity contribution in [1.82, 2.24) is 0 Å². The smallest absolute Gasteiger partial charge is 0.131 e. The summed E-state index contributed by atoms with van der Waals surface area (Å²) in [5.74, 6) is 0.517. The highest BCUT2D eigenvalue weighted by Crippen LogP contribution is 2.46. The van der Waals surface area contributed by atoms with E-state index in [9.17, 15) is 10.2 Å². The summed E-state index contributed by atoms with van der Waals surface area (Å²) in [5, 5.41) is 22.6.